The van der Waals surface area contributed by atoms with E-state index in [2.05, 4.69) is 26.8 Å². The molecular formula is C29H42O6S. The molecule has 9 atom stereocenters. The number of hydrogen-bond acceptors (Lipinski definition) is 7. The van der Waals surface area contributed by atoms with Crippen LogP contribution < -0.4 is 0 Å². The van der Waals surface area contributed by atoms with Gasteiger partial charge in [-0.05, 0) is 50.7 Å². The Labute approximate surface area is 219 Å². The lowest BCUT2D eigenvalue weighted by Crippen LogP contribution is -2.50. The van der Waals surface area contributed by atoms with Crippen LogP contribution in [0.3, 0.4) is 0 Å². The predicted molar refractivity (Wildman–Crippen MR) is 142 cm³/mol. The molecule has 200 valence electrons. The molecule has 0 spiro atoms. The molecule has 0 unspecified atom stereocenters. The first-order valence-electron chi connectivity index (χ1n) is 13.3. The SMILES string of the molecule is CSC1=C2C3=CC(=O)C(O)=C2[C@@H]2O[C@H](CC[C@H](C)/C=C(\C)C[C@@H](C)C[C@H](C)[C@]1(O)O3)[C@H](C)[C@H](O)[C@H]2C. The smallest absolute Gasteiger partial charge is 0.244 e. The van der Waals surface area contributed by atoms with E-state index in [1.165, 1.54) is 23.4 Å². The van der Waals surface area contributed by atoms with E-state index in [1.54, 1.807) is 0 Å². The number of thioether (sulfide) groups is 1. The van der Waals surface area contributed by atoms with Crippen LogP contribution in [0.15, 0.2) is 45.3 Å². The maximum Gasteiger partial charge on any atom is 0.244 e. The molecule has 4 rings (SSSR count). The van der Waals surface area contributed by atoms with Crippen molar-refractivity contribution < 1.29 is 29.6 Å². The normalized spacial score (nSPS) is 43.6. The molecule has 0 aromatic carbocycles. The molecule has 1 fully saturated rings. The molecule has 1 saturated heterocycles. The average Bonchev–Trinajstić information content (AvgIpc) is 3.09. The second kappa shape index (κ2) is 10.3. The minimum atomic E-state index is -1.61. The van der Waals surface area contributed by atoms with Crippen LogP contribution in [0.25, 0.3) is 0 Å². The van der Waals surface area contributed by atoms with Crippen LogP contribution in [0.5, 0.6) is 0 Å². The number of fused-ring (bicyclic) bond motifs is 4. The minimum absolute atomic E-state index is 0.0877. The van der Waals surface area contributed by atoms with Gasteiger partial charge < -0.3 is 24.8 Å². The molecule has 4 aliphatic rings. The van der Waals surface area contributed by atoms with Crippen molar-refractivity contribution in [3.05, 3.63) is 45.3 Å². The first-order chi connectivity index (χ1) is 16.9. The van der Waals surface area contributed by atoms with Gasteiger partial charge in [0.2, 0.25) is 11.6 Å². The summed E-state index contributed by atoms with van der Waals surface area (Å²) in [5.41, 5.74) is 2.20. The predicted octanol–water partition coefficient (Wildman–Crippen LogP) is 5.43. The van der Waals surface area contributed by atoms with Crippen molar-refractivity contribution in [2.24, 2.45) is 29.6 Å². The first-order valence-corrected chi connectivity index (χ1v) is 14.5. The fourth-order valence-electron chi connectivity index (χ4n) is 6.64. The molecule has 0 aromatic rings. The largest absolute Gasteiger partial charge is 0.504 e. The number of rotatable bonds is 1. The van der Waals surface area contributed by atoms with Gasteiger partial charge in [-0.2, -0.15) is 0 Å². The molecule has 3 N–H and O–H groups in total. The molecule has 0 amide bonds. The van der Waals surface area contributed by atoms with E-state index < -0.39 is 23.8 Å². The van der Waals surface area contributed by atoms with Gasteiger partial charge >= 0.3 is 0 Å². The highest BCUT2D eigenvalue weighted by atomic mass is 32.2. The Bertz CT molecular complexity index is 1020. The highest BCUT2D eigenvalue weighted by molar-refractivity contribution is 8.02. The average molecular weight is 519 g/mol. The van der Waals surface area contributed by atoms with Gasteiger partial charge in [0.15, 0.2) is 5.76 Å². The number of carbonyl (C=O) groups is 1. The standard InChI is InChI=1S/C29H42O6S/c1-14-8-9-21-18(5)25(31)19(6)27(34-21)24-23-22(13-20(30)26(24)32)35-29(33,28(23)36-7)17(4)12-16(3)11-15(2)10-14/h10,13-14,16-19,21,25,27,31-33H,8-9,11-12H2,1-7H3/b15-10+/t14-,16+,17-,18-,19+,21+,25-,27+,29-/m0/s1. The van der Waals surface area contributed by atoms with E-state index in [0.717, 1.165) is 25.7 Å². The molecule has 0 radical (unpaired) electrons. The van der Waals surface area contributed by atoms with Crippen molar-refractivity contribution in [3.63, 3.8) is 0 Å². The Morgan fingerprint density at radius 1 is 1.11 bits per heavy atom. The van der Waals surface area contributed by atoms with Gasteiger partial charge in [0, 0.05) is 35.0 Å². The summed E-state index contributed by atoms with van der Waals surface area (Å²) in [5.74, 6) is -2.31. The van der Waals surface area contributed by atoms with Gasteiger partial charge in [-0.25, -0.2) is 0 Å². The first kappa shape index (κ1) is 27.5. The molecule has 0 saturated carbocycles. The number of aliphatic hydroxyl groups is 3. The molecule has 1 aliphatic carbocycles. The number of carbonyl (C=O) groups excluding carboxylic acids is 1. The Balaban J connectivity index is 1.88. The molecule has 4 bridgehead atoms. The lowest BCUT2D eigenvalue weighted by molar-refractivity contribution is -0.166. The molecule has 3 aliphatic heterocycles. The summed E-state index contributed by atoms with van der Waals surface area (Å²) in [7, 11) is 0. The van der Waals surface area contributed by atoms with Gasteiger partial charge in [-0.15, -0.1) is 11.8 Å². The third-order valence-electron chi connectivity index (χ3n) is 8.61. The molecule has 36 heavy (non-hydrogen) atoms. The van der Waals surface area contributed by atoms with E-state index in [1.807, 2.05) is 27.0 Å². The second-order valence-electron chi connectivity index (χ2n) is 11.7. The van der Waals surface area contributed by atoms with Crippen molar-refractivity contribution >= 4 is 17.5 Å². The Kier molecular flexibility index (Phi) is 7.88. The lowest BCUT2D eigenvalue weighted by Gasteiger charge is -2.44. The zero-order valence-electron chi connectivity index (χ0n) is 22.6. The molecular weight excluding hydrogens is 476 g/mol. The van der Waals surface area contributed by atoms with Crippen LogP contribution in [0.2, 0.25) is 0 Å². The number of allylic oxidation sites excluding steroid dienone is 4. The Hall–Kier alpha value is -1.54. The Morgan fingerprint density at radius 2 is 1.81 bits per heavy atom. The van der Waals surface area contributed by atoms with Crippen LogP contribution in [-0.4, -0.2) is 51.5 Å². The fourth-order valence-corrected chi connectivity index (χ4v) is 7.59. The van der Waals surface area contributed by atoms with Gasteiger partial charge in [0.1, 0.15) is 5.76 Å². The maximum atomic E-state index is 12.9. The van der Waals surface area contributed by atoms with E-state index in [-0.39, 0.29) is 35.4 Å². The monoisotopic (exact) mass is 518 g/mol. The molecule has 6 nitrogen and oxygen atoms in total. The number of aliphatic hydroxyl groups excluding tert-OH is 2. The van der Waals surface area contributed by atoms with Crippen LogP contribution in [-0.2, 0) is 14.3 Å². The summed E-state index contributed by atoms with van der Waals surface area (Å²) in [5, 5.41) is 34.2. The summed E-state index contributed by atoms with van der Waals surface area (Å²) in [6.07, 6.45) is 7.22. The van der Waals surface area contributed by atoms with Gasteiger partial charge in [0.05, 0.1) is 23.2 Å². The van der Waals surface area contributed by atoms with Crippen molar-refractivity contribution in [2.45, 2.75) is 91.3 Å². The third kappa shape index (κ3) is 4.72. The number of hydrogen-bond donors (Lipinski definition) is 3. The highest BCUT2D eigenvalue weighted by Crippen LogP contribution is 2.53. The lowest BCUT2D eigenvalue weighted by atomic mass is 9.75. The van der Waals surface area contributed by atoms with Gasteiger partial charge in [-0.1, -0.05) is 46.3 Å². The third-order valence-corrected chi connectivity index (χ3v) is 9.51. The second-order valence-corrected chi connectivity index (χ2v) is 12.5. The topological polar surface area (TPSA) is 96.2 Å². The summed E-state index contributed by atoms with van der Waals surface area (Å²) >= 11 is 1.37. The molecule has 3 heterocycles. The fraction of sp³-hybridized carbons (Fsp3) is 0.690. The summed E-state index contributed by atoms with van der Waals surface area (Å²) in [4.78, 5) is 13.5. The summed E-state index contributed by atoms with van der Waals surface area (Å²) < 4.78 is 12.8. The van der Waals surface area contributed by atoms with E-state index >= 15 is 0 Å². The van der Waals surface area contributed by atoms with E-state index in [9.17, 15) is 20.1 Å². The zero-order valence-corrected chi connectivity index (χ0v) is 23.4. The van der Waals surface area contributed by atoms with Crippen LogP contribution >= 0.6 is 11.8 Å². The minimum Gasteiger partial charge on any atom is -0.504 e. The number of ketones is 1. The van der Waals surface area contributed by atoms with Crippen LogP contribution in [0.1, 0.15) is 67.2 Å². The zero-order chi connectivity index (χ0) is 26.5. The van der Waals surface area contributed by atoms with Gasteiger partial charge in [-0.3, -0.25) is 4.79 Å². The van der Waals surface area contributed by atoms with Crippen LogP contribution in [0.4, 0.5) is 0 Å². The highest BCUT2D eigenvalue weighted by Gasteiger charge is 2.54. The van der Waals surface area contributed by atoms with E-state index in [4.69, 9.17) is 9.47 Å². The maximum absolute atomic E-state index is 12.9. The Morgan fingerprint density at radius 3 is 2.47 bits per heavy atom. The van der Waals surface area contributed by atoms with Crippen molar-refractivity contribution in [3.8, 4) is 0 Å². The van der Waals surface area contributed by atoms with Crippen molar-refractivity contribution in [1.82, 2.24) is 0 Å². The summed E-state index contributed by atoms with van der Waals surface area (Å²) in [6.45, 7) is 12.4. The molecule has 7 heteroatoms. The number of ether oxygens (including phenoxy) is 2. The van der Waals surface area contributed by atoms with Gasteiger partial charge in [0.25, 0.3) is 0 Å². The van der Waals surface area contributed by atoms with Crippen molar-refractivity contribution in [2.75, 3.05) is 6.26 Å². The quantitative estimate of drug-likeness (QED) is 0.398. The van der Waals surface area contributed by atoms with Crippen molar-refractivity contribution in [1.29, 1.82) is 0 Å². The van der Waals surface area contributed by atoms with E-state index in [0.29, 0.717) is 27.9 Å². The summed E-state index contributed by atoms with van der Waals surface area (Å²) in [6, 6.07) is 0. The van der Waals surface area contributed by atoms with Crippen LogP contribution in [0, 0.1) is 29.6 Å². The molecule has 0 aromatic heterocycles.